The van der Waals surface area contributed by atoms with E-state index in [0.29, 0.717) is 19.0 Å². The zero-order valence-corrected chi connectivity index (χ0v) is 14.4. The molecule has 1 saturated heterocycles. The third-order valence-electron chi connectivity index (χ3n) is 4.25. The van der Waals surface area contributed by atoms with Gasteiger partial charge in [-0.3, -0.25) is 0 Å². The molecule has 4 nitrogen and oxygen atoms in total. The minimum atomic E-state index is -3.01. The Balaban J connectivity index is 1.46. The summed E-state index contributed by atoms with van der Waals surface area (Å²) in [6.45, 7) is 3.18. The van der Waals surface area contributed by atoms with E-state index >= 15 is 0 Å². The molecular weight excluding hydrogens is 316 g/mol. The van der Waals surface area contributed by atoms with Crippen LogP contribution in [0.4, 0.5) is 0 Å². The van der Waals surface area contributed by atoms with E-state index in [-0.39, 0.29) is 0 Å². The third-order valence-corrected chi connectivity index (χ3v) is 6.67. The number of rotatable bonds is 5. The maximum absolute atomic E-state index is 11.5. The fourth-order valence-electron chi connectivity index (χ4n) is 2.97. The smallest absolute Gasteiger partial charge is 0.211 e. The van der Waals surface area contributed by atoms with Gasteiger partial charge in [0, 0.05) is 29.2 Å². The minimum Gasteiger partial charge on any atom is -0.312 e. The van der Waals surface area contributed by atoms with E-state index in [9.17, 15) is 8.42 Å². The van der Waals surface area contributed by atoms with Crippen LogP contribution < -0.4 is 5.32 Å². The molecule has 0 aliphatic carbocycles. The highest BCUT2D eigenvalue weighted by atomic mass is 32.2. The third kappa shape index (κ3) is 3.87. The highest BCUT2D eigenvalue weighted by Crippen LogP contribution is 2.25. The predicted molar refractivity (Wildman–Crippen MR) is 92.7 cm³/mol. The zero-order chi connectivity index (χ0) is 15.6. The number of piperidine rings is 1. The summed E-state index contributed by atoms with van der Waals surface area (Å²) in [6, 6.07) is 10.7. The number of sulfonamides is 1. The first kappa shape index (κ1) is 15.9. The number of benzene rings is 1. The number of nitrogens with one attached hydrogen (secondary N) is 1. The summed E-state index contributed by atoms with van der Waals surface area (Å²) in [6.07, 6.45) is 3.20. The Labute approximate surface area is 136 Å². The summed E-state index contributed by atoms with van der Waals surface area (Å²) in [4.78, 5) is 1.36. The summed E-state index contributed by atoms with van der Waals surface area (Å²) in [7, 11) is -3.01. The van der Waals surface area contributed by atoms with Gasteiger partial charge in [-0.1, -0.05) is 18.2 Å². The Morgan fingerprint density at radius 2 is 2.00 bits per heavy atom. The van der Waals surface area contributed by atoms with Crippen LogP contribution in [0.3, 0.4) is 0 Å². The van der Waals surface area contributed by atoms with Gasteiger partial charge in [-0.2, -0.15) is 0 Å². The van der Waals surface area contributed by atoms with Crippen molar-refractivity contribution in [2.45, 2.75) is 19.4 Å². The van der Waals surface area contributed by atoms with Crippen molar-refractivity contribution >= 4 is 31.4 Å². The van der Waals surface area contributed by atoms with E-state index in [2.05, 4.69) is 35.6 Å². The van der Waals surface area contributed by atoms with Gasteiger partial charge in [0.2, 0.25) is 10.0 Å². The van der Waals surface area contributed by atoms with Crippen molar-refractivity contribution in [2.75, 3.05) is 25.9 Å². The number of nitrogens with zero attached hydrogens (tertiary/aromatic N) is 1. The van der Waals surface area contributed by atoms with E-state index in [4.69, 9.17) is 0 Å². The lowest BCUT2D eigenvalue weighted by molar-refractivity contribution is 0.268. The molecular formula is C16H22N2O2S2. The molecule has 0 radical (unpaired) electrons. The second-order valence-corrected chi connectivity index (χ2v) is 9.14. The standard InChI is InChI=1S/C16H22N2O2S2/c1-22(19,20)18-8-6-13(7-9-18)11-17-12-15-10-14-4-2-3-5-16(14)21-15/h2-5,10,13,17H,6-9,11-12H2,1H3. The molecule has 1 aromatic heterocycles. The quantitative estimate of drug-likeness (QED) is 0.912. The van der Waals surface area contributed by atoms with Crippen molar-refractivity contribution in [3.05, 3.63) is 35.2 Å². The van der Waals surface area contributed by atoms with Crippen molar-refractivity contribution in [3.63, 3.8) is 0 Å². The van der Waals surface area contributed by atoms with Crippen molar-refractivity contribution in [3.8, 4) is 0 Å². The highest BCUT2D eigenvalue weighted by molar-refractivity contribution is 7.88. The van der Waals surface area contributed by atoms with Gasteiger partial charge in [-0.05, 0) is 42.8 Å². The first-order chi connectivity index (χ1) is 10.5. The van der Waals surface area contributed by atoms with Crippen LogP contribution in [0.15, 0.2) is 30.3 Å². The molecule has 0 atom stereocenters. The van der Waals surface area contributed by atoms with Crippen LogP contribution in [-0.4, -0.2) is 38.6 Å². The van der Waals surface area contributed by atoms with Gasteiger partial charge in [0.05, 0.1) is 6.26 Å². The van der Waals surface area contributed by atoms with Crippen molar-refractivity contribution in [1.82, 2.24) is 9.62 Å². The van der Waals surface area contributed by atoms with Gasteiger partial charge >= 0.3 is 0 Å². The number of hydrogen-bond donors (Lipinski definition) is 1. The summed E-state index contributed by atoms with van der Waals surface area (Å²) in [5, 5.41) is 4.84. The van der Waals surface area contributed by atoms with Crippen LogP contribution in [-0.2, 0) is 16.6 Å². The van der Waals surface area contributed by atoms with Crippen LogP contribution in [0.1, 0.15) is 17.7 Å². The average molecular weight is 338 g/mol. The molecule has 6 heteroatoms. The van der Waals surface area contributed by atoms with Crippen molar-refractivity contribution in [1.29, 1.82) is 0 Å². The lowest BCUT2D eigenvalue weighted by atomic mass is 9.98. The Hall–Kier alpha value is -0.950. The summed E-state index contributed by atoms with van der Waals surface area (Å²) in [5.41, 5.74) is 0. The molecule has 1 aromatic carbocycles. The van der Waals surface area contributed by atoms with Crippen molar-refractivity contribution < 1.29 is 8.42 Å². The molecule has 0 amide bonds. The molecule has 120 valence electrons. The predicted octanol–water partition coefficient (Wildman–Crippen LogP) is 2.66. The molecule has 1 fully saturated rings. The SMILES string of the molecule is CS(=O)(=O)N1CCC(CNCc2cc3ccccc3s2)CC1. The number of thiophene rings is 1. The molecule has 0 spiro atoms. The Morgan fingerprint density at radius 1 is 1.27 bits per heavy atom. The second kappa shape index (κ2) is 6.66. The van der Waals surface area contributed by atoms with Crippen LogP contribution >= 0.6 is 11.3 Å². The molecule has 1 aliphatic heterocycles. The maximum Gasteiger partial charge on any atom is 0.211 e. The number of hydrogen-bond acceptors (Lipinski definition) is 4. The zero-order valence-electron chi connectivity index (χ0n) is 12.8. The molecule has 0 bridgehead atoms. The van der Waals surface area contributed by atoms with Gasteiger partial charge in [0.25, 0.3) is 0 Å². The lowest BCUT2D eigenvalue weighted by Gasteiger charge is -2.30. The normalized spacial score (nSPS) is 18.0. The van der Waals surface area contributed by atoms with E-state index in [1.807, 2.05) is 11.3 Å². The van der Waals surface area contributed by atoms with Crippen LogP contribution in [0, 0.1) is 5.92 Å². The van der Waals surface area contributed by atoms with Gasteiger partial charge in [0.15, 0.2) is 0 Å². The fourth-order valence-corrected chi connectivity index (χ4v) is 4.88. The van der Waals surface area contributed by atoms with Gasteiger partial charge in [-0.25, -0.2) is 12.7 Å². The molecule has 2 heterocycles. The molecule has 1 N–H and O–H groups in total. The molecule has 0 unspecified atom stereocenters. The van der Waals surface area contributed by atoms with E-state index < -0.39 is 10.0 Å². The van der Waals surface area contributed by atoms with E-state index in [1.165, 1.54) is 21.2 Å². The molecule has 2 aromatic rings. The van der Waals surface area contributed by atoms with Crippen molar-refractivity contribution in [2.24, 2.45) is 5.92 Å². The van der Waals surface area contributed by atoms with Crippen LogP contribution in [0.5, 0.6) is 0 Å². The van der Waals surface area contributed by atoms with Crippen LogP contribution in [0.2, 0.25) is 0 Å². The Bertz CT molecular complexity index is 698. The largest absolute Gasteiger partial charge is 0.312 e. The Morgan fingerprint density at radius 3 is 2.68 bits per heavy atom. The van der Waals surface area contributed by atoms with E-state index in [1.54, 1.807) is 4.31 Å². The maximum atomic E-state index is 11.5. The summed E-state index contributed by atoms with van der Waals surface area (Å²) >= 11 is 1.84. The lowest BCUT2D eigenvalue weighted by Crippen LogP contribution is -2.40. The Kier molecular flexibility index (Phi) is 4.82. The molecule has 1 aliphatic rings. The molecule has 0 saturated carbocycles. The first-order valence-electron chi connectivity index (χ1n) is 7.65. The fraction of sp³-hybridized carbons (Fsp3) is 0.500. The first-order valence-corrected chi connectivity index (χ1v) is 10.3. The van der Waals surface area contributed by atoms with E-state index in [0.717, 1.165) is 25.9 Å². The monoisotopic (exact) mass is 338 g/mol. The number of fused-ring (bicyclic) bond motifs is 1. The molecule has 22 heavy (non-hydrogen) atoms. The summed E-state index contributed by atoms with van der Waals surface area (Å²) < 4.78 is 25.9. The second-order valence-electron chi connectivity index (χ2n) is 5.99. The van der Waals surface area contributed by atoms with Crippen LogP contribution in [0.25, 0.3) is 10.1 Å². The van der Waals surface area contributed by atoms with Gasteiger partial charge < -0.3 is 5.32 Å². The molecule has 3 rings (SSSR count). The van der Waals surface area contributed by atoms with Gasteiger partial charge in [-0.15, -0.1) is 11.3 Å². The average Bonchev–Trinajstić information content (AvgIpc) is 2.89. The summed E-state index contributed by atoms with van der Waals surface area (Å²) in [5.74, 6) is 0.576. The van der Waals surface area contributed by atoms with Gasteiger partial charge in [0.1, 0.15) is 0 Å². The highest BCUT2D eigenvalue weighted by Gasteiger charge is 2.24. The topological polar surface area (TPSA) is 49.4 Å². The minimum absolute atomic E-state index is 0.576.